The number of hydrogen-bond acceptors (Lipinski definition) is 5. The molecule has 1 fully saturated rings. The third-order valence-corrected chi connectivity index (χ3v) is 11.0. The van der Waals surface area contributed by atoms with Gasteiger partial charge in [-0.05, 0) is 82.6 Å². The van der Waals surface area contributed by atoms with Crippen molar-refractivity contribution in [2.45, 2.75) is 37.5 Å². The second-order valence-electron chi connectivity index (χ2n) is 13.8. The van der Waals surface area contributed by atoms with Crippen LogP contribution in [0.3, 0.4) is 0 Å². The molecule has 242 valence electrons. The molecule has 2 aliphatic rings. The summed E-state index contributed by atoms with van der Waals surface area (Å²) >= 11 is 0. The zero-order chi connectivity index (χ0) is 33.9. The molecule has 1 saturated carbocycles. The summed E-state index contributed by atoms with van der Waals surface area (Å²) in [5.41, 5.74) is 12.8. The first-order valence-corrected chi connectivity index (χ1v) is 17.7. The van der Waals surface area contributed by atoms with E-state index in [0.717, 1.165) is 62.6 Å². The lowest BCUT2D eigenvalue weighted by Crippen LogP contribution is -2.28. The fourth-order valence-electron chi connectivity index (χ4n) is 8.47. The highest BCUT2D eigenvalue weighted by Gasteiger charge is 2.43. The van der Waals surface area contributed by atoms with E-state index in [2.05, 4.69) is 78.9 Å². The van der Waals surface area contributed by atoms with Gasteiger partial charge in [0, 0.05) is 32.9 Å². The van der Waals surface area contributed by atoms with Crippen LogP contribution in [0.25, 0.3) is 78.4 Å². The highest BCUT2D eigenvalue weighted by Crippen LogP contribution is 2.56. The van der Waals surface area contributed by atoms with Gasteiger partial charge in [0.05, 0.1) is 11.6 Å². The van der Waals surface area contributed by atoms with Gasteiger partial charge >= 0.3 is 0 Å². The van der Waals surface area contributed by atoms with Crippen LogP contribution < -0.4 is 0 Å². The van der Waals surface area contributed by atoms with E-state index >= 15 is 0 Å². The zero-order valence-electron chi connectivity index (χ0n) is 27.9. The lowest BCUT2D eigenvalue weighted by molar-refractivity contribution is 0.353. The maximum absolute atomic E-state index is 9.66. The maximum atomic E-state index is 9.66. The summed E-state index contributed by atoms with van der Waals surface area (Å²) in [5.74, 6) is 1.84. The molecule has 0 radical (unpaired) electrons. The first-order chi connectivity index (χ1) is 25.2. The minimum Gasteiger partial charge on any atom is -0.456 e. The Labute approximate surface area is 295 Å². The quantitative estimate of drug-likeness (QED) is 0.188. The number of nitrogens with zero attached hydrogens (tertiary/aromatic N) is 4. The van der Waals surface area contributed by atoms with Crippen molar-refractivity contribution < 1.29 is 4.42 Å². The molecule has 2 aliphatic carbocycles. The minimum atomic E-state index is 0.0212. The van der Waals surface area contributed by atoms with E-state index in [0.29, 0.717) is 17.5 Å². The molecule has 5 nitrogen and oxygen atoms in total. The summed E-state index contributed by atoms with van der Waals surface area (Å²) in [6, 6.07) is 48.5. The van der Waals surface area contributed by atoms with Crippen molar-refractivity contribution in [2.24, 2.45) is 0 Å². The number of benzene rings is 6. The van der Waals surface area contributed by atoms with E-state index in [9.17, 15) is 5.26 Å². The van der Waals surface area contributed by atoms with Crippen molar-refractivity contribution in [3.63, 3.8) is 0 Å². The molecule has 0 bridgehead atoms. The van der Waals surface area contributed by atoms with E-state index in [4.69, 9.17) is 19.4 Å². The third kappa shape index (κ3) is 4.79. The second-order valence-corrected chi connectivity index (χ2v) is 13.8. The molecular formula is C46H32N4O. The van der Waals surface area contributed by atoms with Gasteiger partial charge in [-0.25, -0.2) is 15.0 Å². The highest BCUT2D eigenvalue weighted by molar-refractivity contribution is 6.05. The van der Waals surface area contributed by atoms with Gasteiger partial charge < -0.3 is 4.42 Å². The van der Waals surface area contributed by atoms with Crippen LogP contribution >= 0.6 is 0 Å². The van der Waals surface area contributed by atoms with Crippen LogP contribution in [0.5, 0.6) is 0 Å². The van der Waals surface area contributed by atoms with Crippen LogP contribution in [0, 0.1) is 11.3 Å². The molecule has 0 amide bonds. The SMILES string of the molecule is N#Cc1ccc2c(c1)-c1ccc(-c3ccc(-c4nc(-c5ccccc5)nc(-c5ccc6c(c5)oc5ccccc56)n4)cc3)cc1C21CCCCC1. The molecule has 10 rings (SSSR count). The Balaban J connectivity index is 1.04. The second kappa shape index (κ2) is 11.6. The number of rotatable bonds is 4. The predicted octanol–water partition coefficient (Wildman–Crippen LogP) is 11.5. The van der Waals surface area contributed by atoms with Crippen LogP contribution in [0.15, 0.2) is 138 Å². The van der Waals surface area contributed by atoms with Crippen LogP contribution in [-0.2, 0) is 5.41 Å². The van der Waals surface area contributed by atoms with Crippen molar-refractivity contribution >= 4 is 21.9 Å². The molecule has 51 heavy (non-hydrogen) atoms. The van der Waals surface area contributed by atoms with Gasteiger partial charge in [-0.1, -0.05) is 116 Å². The topological polar surface area (TPSA) is 75.6 Å². The average molecular weight is 657 g/mol. The normalized spacial score (nSPS) is 14.4. The van der Waals surface area contributed by atoms with Gasteiger partial charge in [-0.2, -0.15) is 5.26 Å². The summed E-state index contributed by atoms with van der Waals surface area (Å²) < 4.78 is 6.21. The lowest BCUT2D eigenvalue weighted by Gasteiger charge is -2.36. The van der Waals surface area contributed by atoms with Gasteiger partial charge in [0.2, 0.25) is 0 Å². The molecule has 5 heteroatoms. The number of furan rings is 1. The Kier molecular flexibility index (Phi) is 6.72. The molecule has 0 N–H and O–H groups in total. The van der Waals surface area contributed by atoms with Crippen LogP contribution in [-0.4, -0.2) is 15.0 Å². The smallest absolute Gasteiger partial charge is 0.164 e. The summed E-state index contributed by atoms with van der Waals surface area (Å²) in [7, 11) is 0. The number of aromatic nitrogens is 3. The van der Waals surface area contributed by atoms with E-state index in [1.807, 2.05) is 60.7 Å². The Morgan fingerprint density at radius 2 is 1.14 bits per heavy atom. The van der Waals surface area contributed by atoms with E-state index < -0.39 is 0 Å². The lowest BCUT2D eigenvalue weighted by atomic mass is 9.67. The molecule has 6 aromatic carbocycles. The third-order valence-electron chi connectivity index (χ3n) is 11.0. The molecule has 2 aromatic heterocycles. The van der Waals surface area contributed by atoms with Crippen molar-refractivity contribution in [1.29, 1.82) is 5.26 Å². The average Bonchev–Trinajstić information content (AvgIpc) is 3.70. The van der Waals surface area contributed by atoms with Crippen molar-refractivity contribution in [3.05, 3.63) is 150 Å². The number of nitriles is 1. The Bertz CT molecular complexity index is 2680. The van der Waals surface area contributed by atoms with Crippen molar-refractivity contribution in [1.82, 2.24) is 15.0 Å². The zero-order valence-corrected chi connectivity index (χ0v) is 27.9. The monoisotopic (exact) mass is 656 g/mol. The predicted molar refractivity (Wildman–Crippen MR) is 203 cm³/mol. The van der Waals surface area contributed by atoms with Gasteiger partial charge in [0.15, 0.2) is 17.5 Å². The maximum Gasteiger partial charge on any atom is 0.164 e. The molecular weight excluding hydrogens is 625 g/mol. The van der Waals surface area contributed by atoms with Crippen LogP contribution in [0.1, 0.15) is 48.8 Å². The molecule has 0 atom stereocenters. The Morgan fingerprint density at radius 1 is 0.490 bits per heavy atom. The summed E-state index contributed by atoms with van der Waals surface area (Å²) in [6.07, 6.45) is 6.03. The van der Waals surface area contributed by atoms with Gasteiger partial charge in [0.1, 0.15) is 11.2 Å². The Hall–Kier alpha value is -6.38. The molecule has 1 spiro atoms. The summed E-state index contributed by atoms with van der Waals surface area (Å²) in [4.78, 5) is 14.9. The summed E-state index contributed by atoms with van der Waals surface area (Å²) in [5, 5.41) is 11.8. The van der Waals surface area contributed by atoms with Gasteiger partial charge in [-0.3, -0.25) is 0 Å². The molecule has 8 aromatic rings. The van der Waals surface area contributed by atoms with Gasteiger partial charge in [-0.15, -0.1) is 0 Å². The molecule has 0 aliphatic heterocycles. The highest BCUT2D eigenvalue weighted by atomic mass is 16.3. The fraction of sp³-hybridized carbons (Fsp3) is 0.130. The molecule has 2 heterocycles. The molecule has 0 saturated heterocycles. The standard InChI is InChI=1S/C46H32N4O/c47-28-29-13-22-39-38(25-29)35-20-18-33(26-40(35)46(39)23-7-2-8-24-46)30-14-16-32(17-15-30)44-48-43(31-9-3-1-4-10-31)49-45(50-44)34-19-21-37-36-11-5-6-12-41(36)51-42(37)27-34/h1,3-6,9-22,25-27H,2,7-8,23-24H2. The first kappa shape index (κ1) is 29.5. The number of para-hydroxylation sites is 1. The first-order valence-electron chi connectivity index (χ1n) is 17.7. The van der Waals surface area contributed by atoms with Crippen molar-refractivity contribution in [2.75, 3.05) is 0 Å². The van der Waals surface area contributed by atoms with Crippen LogP contribution in [0.4, 0.5) is 0 Å². The Morgan fingerprint density at radius 3 is 1.92 bits per heavy atom. The van der Waals surface area contributed by atoms with Gasteiger partial charge in [0.25, 0.3) is 0 Å². The molecule has 0 unspecified atom stereocenters. The minimum absolute atomic E-state index is 0.0212. The number of hydrogen-bond donors (Lipinski definition) is 0. The van der Waals surface area contributed by atoms with E-state index in [1.165, 1.54) is 47.1 Å². The fourth-order valence-corrected chi connectivity index (χ4v) is 8.47. The van der Waals surface area contributed by atoms with E-state index in [1.54, 1.807) is 0 Å². The largest absolute Gasteiger partial charge is 0.456 e. The van der Waals surface area contributed by atoms with E-state index in [-0.39, 0.29) is 5.41 Å². The summed E-state index contributed by atoms with van der Waals surface area (Å²) in [6.45, 7) is 0. The van der Waals surface area contributed by atoms with Crippen LogP contribution in [0.2, 0.25) is 0 Å². The number of fused-ring (bicyclic) bond motifs is 8. The van der Waals surface area contributed by atoms with Crippen molar-refractivity contribution in [3.8, 4) is 62.5 Å².